The predicted molar refractivity (Wildman–Crippen MR) is 111 cm³/mol. The number of carbonyl (C=O) groups excluding carboxylic acids is 2. The molecule has 164 valence electrons. The molecule has 0 aliphatic carbocycles. The molecule has 0 amide bonds. The molecule has 1 aliphatic rings. The molecule has 13 heteroatoms. The topological polar surface area (TPSA) is 153 Å². The molecule has 0 spiro atoms. The van der Waals surface area contributed by atoms with Crippen LogP contribution in [0.2, 0.25) is 0 Å². The minimum Gasteiger partial charge on any atom is -0.496 e. The Morgan fingerprint density at radius 1 is 1.43 bits per heavy atom. The first-order chi connectivity index (χ1) is 14.2. The van der Waals surface area contributed by atoms with Gasteiger partial charge in [-0.05, 0) is 40.3 Å². The van der Waals surface area contributed by atoms with Crippen LogP contribution in [0.5, 0.6) is 5.75 Å². The number of halogens is 1. The Labute approximate surface area is 185 Å². The third-order valence-corrected chi connectivity index (χ3v) is 5.47. The standard InChI is InChI=1S/C17H21IN4O8/c1-9(23)29-8-17(28-4)15(24)11(20-21-19)7-22(30-17)12-5-10(16(25)27-3)6-13(26-2)14(12)18/h5-6,11,15,24H,7-8H2,1-4H3/t11-,15+,17+/m0/s1. The number of aliphatic hydroxyl groups is 1. The number of azide groups is 1. The van der Waals surface area contributed by atoms with Crippen LogP contribution >= 0.6 is 22.6 Å². The van der Waals surface area contributed by atoms with Gasteiger partial charge in [-0.1, -0.05) is 5.11 Å². The Kier molecular flexibility index (Phi) is 8.09. The molecule has 12 nitrogen and oxygen atoms in total. The molecular formula is C17H21IN4O8. The van der Waals surface area contributed by atoms with E-state index in [1.165, 1.54) is 45.4 Å². The summed E-state index contributed by atoms with van der Waals surface area (Å²) in [7, 11) is 3.93. The quantitative estimate of drug-likeness (QED) is 0.181. The molecule has 1 fully saturated rings. The summed E-state index contributed by atoms with van der Waals surface area (Å²) in [5.74, 6) is -2.72. The Morgan fingerprint density at radius 3 is 2.67 bits per heavy atom. The van der Waals surface area contributed by atoms with E-state index in [-0.39, 0.29) is 12.1 Å². The van der Waals surface area contributed by atoms with E-state index in [4.69, 9.17) is 29.3 Å². The third kappa shape index (κ3) is 4.87. The van der Waals surface area contributed by atoms with Crippen LogP contribution in [0, 0.1) is 3.57 Å². The van der Waals surface area contributed by atoms with Crippen molar-refractivity contribution in [2.75, 3.05) is 39.5 Å². The molecule has 3 atom stereocenters. The highest BCUT2D eigenvalue weighted by Gasteiger charge is 2.52. The number of aliphatic hydroxyl groups excluding tert-OH is 1. The molecule has 0 bridgehead atoms. The van der Waals surface area contributed by atoms with Crippen LogP contribution in [0.15, 0.2) is 17.2 Å². The second kappa shape index (κ2) is 10.1. The highest BCUT2D eigenvalue weighted by atomic mass is 127. The van der Waals surface area contributed by atoms with Gasteiger partial charge >= 0.3 is 11.9 Å². The molecule has 2 rings (SSSR count). The summed E-state index contributed by atoms with van der Waals surface area (Å²) in [6, 6.07) is 1.97. The number of nitrogens with zero attached hydrogens (tertiary/aromatic N) is 4. The average molecular weight is 536 g/mol. The number of ether oxygens (including phenoxy) is 4. The van der Waals surface area contributed by atoms with Crippen molar-refractivity contribution in [1.29, 1.82) is 0 Å². The number of rotatable bonds is 7. The lowest BCUT2D eigenvalue weighted by Crippen LogP contribution is -2.64. The van der Waals surface area contributed by atoms with Crippen molar-refractivity contribution in [3.8, 4) is 5.75 Å². The molecule has 1 saturated heterocycles. The zero-order valence-corrected chi connectivity index (χ0v) is 18.9. The van der Waals surface area contributed by atoms with Crippen molar-refractivity contribution in [2.45, 2.75) is 24.9 Å². The highest BCUT2D eigenvalue weighted by Crippen LogP contribution is 2.38. The highest BCUT2D eigenvalue weighted by molar-refractivity contribution is 14.1. The van der Waals surface area contributed by atoms with E-state index in [2.05, 4.69) is 10.0 Å². The Balaban J connectivity index is 2.57. The smallest absolute Gasteiger partial charge is 0.338 e. The fraction of sp³-hybridized carbons (Fsp3) is 0.529. The number of hydrogen-bond acceptors (Lipinski definition) is 10. The summed E-state index contributed by atoms with van der Waals surface area (Å²) >= 11 is 1.99. The molecule has 1 N–H and O–H groups in total. The van der Waals surface area contributed by atoms with Crippen LogP contribution in [0.1, 0.15) is 17.3 Å². The molecule has 0 saturated carbocycles. The fourth-order valence-corrected chi connectivity index (χ4v) is 3.63. The summed E-state index contributed by atoms with van der Waals surface area (Å²) < 4.78 is 21.0. The van der Waals surface area contributed by atoms with E-state index in [1.54, 1.807) is 0 Å². The number of hydroxylamine groups is 1. The number of hydrogen-bond donors (Lipinski definition) is 1. The number of carbonyl (C=O) groups is 2. The van der Waals surface area contributed by atoms with Crippen LogP contribution < -0.4 is 9.80 Å². The summed E-state index contributed by atoms with van der Waals surface area (Å²) in [5.41, 5.74) is 9.47. The van der Waals surface area contributed by atoms with Gasteiger partial charge in [0, 0.05) is 18.9 Å². The van der Waals surface area contributed by atoms with Crippen molar-refractivity contribution in [2.24, 2.45) is 5.11 Å². The van der Waals surface area contributed by atoms with Crippen molar-refractivity contribution in [1.82, 2.24) is 0 Å². The molecule has 0 radical (unpaired) electrons. The zero-order valence-electron chi connectivity index (χ0n) is 16.7. The van der Waals surface area contributed by atoms with E-state index in [1.807, 2.05) is 22.6 Å². The largest absolute Gasteiger partial charge is 0.496 e. The van der Waals surface area contributed by atoms with Crippen LogP contribution in [0.25, 0.3) is 10.4 Å². The first-order valence-electron chi connectivity index (χ1n) is 8.56. The number of methoxy groups -OCH3 is 3. The minimum absolute atomic E-state index is 0.0831. The Bertz CT molecular complexity index is 862. The van der Waals surface area contributed by atoms with Crippen LogP contribution in [0.4, 0.5) is 5.69 Å². The lowest BCUT2D eigenvalue weighted by atomic mass is 10.0. The summed E-state index contributed by atoms with van der Waals surface area (Å²) in [6.07, 6.45) is -1.45. The van der Waals surface area contributed by atoms with Crippen molar-refractivity contribution < 1.29 is 38.5 Å². The van der Waals surface area contributed by atoms with Crippen molar-refractivity contribution >= 4 is 40.2 Å². The number of benzene rings is 1. The SMILES string of the molecule is COC(=O)c1cc(OC)c(I)c(N2C[C@H](N=[N+]=[N-])[C@@H](O)[C@](COC(C)=O)(OC)O2)c1. The van der Waals surface area contributed by atoms with Crippen LogP contribution in [-0.4, -0.2) is 69.5 Å². The van der Waals surface area contributed by atoms with E-state index < -0.39 is 36.5 Å². The molecule has 1 heterocycles. The number of anilines is 1. The first kappa shape index (κ1) is 24.0. The summed E-state index contributed by atoms with van der Waals surface area (Å²) in [5, 5.41) is 15.6. The van der Waals surface area contributed by atoms with Gasteiger partial charge in [0.1, 0.15) is 11.9 Å². The fourth-order valence-electron chi connectivity index (χ4n) is 2.83. The third-order valence-electron chi connectivity index (χ3n) is 4.38. The Hall–Kier alpha value is -2.32. The van der Waals surface area contributed by atoms with Crippen molar-refractivity contribution in [3.63, 3.8) is 0 Å². The molecule has 30 heavy (non-hydrogen) atoms. The van der Waals surface area contributed by atoms with Gasteiger partial charge in [-0.2, -0.15) is 0 Å². The van der Waals surface area contributed by atoms with Gasteiger partial charge in [0.15, 0.2) is 6.61 Å². The van der Waals surface area contributed by atoms with E-state index >= 15 is 0 Å². The summed E-state index contributed by atoms with van der Waals surface area (Å²) in [4.78, 5) is 32.1. The van der Waals surface area contributed by atoms with Gasteiger partial charge in [-0.3, -0.25) is 4.79 Å². The maximum Gasteiger partial charge on any atom is 0.338 e. The molecule has 0 aromatic heterocycles. The Morgan fingerprint density at radius 2 is 2.13 bits per heavy atom. The van der Waals surface area contributed by atoms with E-state index in [0.717, 1.165) is 0 Å². The van der Waals surface area contributed by atoms with Gasteiger partial charge in [0.05, 0.1) is 41.6 Å². The summed E-state index contributed by atoms with van der Waals surface area (Å²) in [6.45, 7) is 0.632. The van der Waals surface area contributed by atoms with Gasteiger partial charge in [-0.25, -0.2) is 14.7 Å². The van der Waals surface area contributed by atoms with Gasteiger partial charge in [-0.15, -0.1) is 0 Å². The minimum atomic E-state index is -1.86. The molecule has 0 unspecified atom stereocenters. The lowest BCUT2D eigenvalue weighted by Gasteiger charge is -2.46. The van der Waals surface area contributed by atoms with Gasteiger partial charge < -0.3 is 24.1 Å². The van der Waals surface area contributed by atoms with Crippen LogP contribution in [0.3, 0.4) is 0 Å². The second-order valence-corrected chi connectivity index (χ2v) is 7.25. The van der Waals surface area contributed by atoms with E-state index in [0.29, 0.717) is 15.0 Å². The van der Waals surface area contributed by atoms with E-state index in [9.17, 15) is 14.7 Å². The normalized spacial score (nSPS) is 23.3. The average Bonchev–Trinajstić information content (AvgIpc) is 2.74. The first-order valence-corrected chi connectivity index (χ1v) is 9.64. The predicted octanol–water partition coefficient (Wildman–Crippen LogP) is 1.78. The monoisotopic (exact) mass is 536 g/mol. The molecule has 1 aromatic carbocycles. The number of esters is 2. The van der Waals surface area contributed by atoms with Gasteiger partial charge in [0.25, 0.3) is 5.79 Å². The molecular weight excluding hydrogens is 515 g/mol. The molecule has 1 aliphatic heterocycles. The lowest BCUT2D eigenvalue weighted by molar-refractivity contribution is -0.312. The van der Waals surface area contributed by atoms with Crippen molar-refractivity contribution in [3.05, 3.63) is 31.7 Å². The zero-order chi connectivity index (χ0) is 22.5. The second-order valence-electron chi connectivity index (χ2n) is 6.17. The van der Waals surface area contributed by atoms with Gasteiger partial charge in [0.2, 0.25) is 0 Å². The maximum absolute atomic E-state index is 12.1. The maximum atomic E-state index is 12.1. The van der Waals surface area contributed by atoms with Crippen LogP contribution in [-0.2, 0) is 23.8 Å². The molecule has 1 aromatic rings.